The van der Waals surface area contributed by atoms with E-state index in [1.54, 1.807) is 19.2 Å². The number of carbonyl (C=O) groups is 1. The van der Waals surface area contributed by atoms with Crippen LogP contribution in [0.15, 0.2) is 59.3 Å². The van der Waals surface area contributed by atoms with Crippen LogP contribution in [0.25, 0.3) is 11.5 Å². The Bertz CT molecular complexity index is 936. The second-order valence-corrected chi connectivity index (χ2v) is 6.60. The lowest BCUT2D eigenvalue weighted by atomic mass is 10.2. The third-order valence-corrected chi connectivity index (χ3v) is 4.88. The summed E-state index contributed by atoms with van der Waals surface area (Å²) in [6.07, 6.45) is 1.28. The molecule has 1 amide bonds. The number of aromatic nitrogens is 2. The molecule has 1 saturated heterocycles. The van der Waals surface area contributed by atoms with Crippen molar-refractivity contribution in [2.75, 3.05) is 44.8 Å². The molecule has 2 aromatic carbocycles. The summed E-state index contributed by atoms with van der Waals surface area (Å²) in [4.78, 5) is 16.6. The normalized spacial score (nSPS) is 14.0. The molecule has 0 aliphatic carbocycles. The number of amides is 1. The summed E-state index contributed by atoms with van der Waals surface area (Å²) in [5, 5.41) is 7.52. The quantitative estimate of drug-likeness (QED) is 0.635. The second kappa shape index (κ2) is 8.64. The number of hydrogen-bond donors (Lipinski definition) is 0. The zero-order valence-electron chi connectivity index (χ0n) is 16.2. The predicted molar refractivity (Wildman–Crippen MR) is 107 cm³/mol. The van der Waals surface area contributed by atoms with Gasteiger partial charge in [-0.1, -0.05) is 12.1 Å². The van der Waals surface area contributed by atoms with Crippen LogP contribution in [0.1, 0.15) is 0 Å². The molecule has 8 heteroatoms. The van der Waals surface area contributed by atoms with Gasteiger partial charge in [-0.25, -0.2) is 0 Å². The zero-order valence-corrected chi connectivity index (χ0v) is 16.2. The number of carbonyl (C=O) groups excluding carboxylic acids is 1. The average Bonchev–Trinajstić information content (AvgIpc) is 3.33. The summed E-state index contributed by atoms with van der Waals surface area (Å²) in [6, 6.07) is 15.1. The van der Waals surface area contributed by atoms with Crippen molar-refractivity contribution in [3.63, 3.8) is 0 Å². The van der Waals surface area contributed by atoms with Gasteiger partial charge in [-0.2, -0.15) is 0 Å². The van der Waals surface area contributed by atoms with Crippen molar-refractivity contribution in [3.8, 4) is 23.0 Å². The maximum absolute atomic E-state index is 12.5. The van der Waals surface area contributed by atoms with E-state index in [0.29, 0.717) is 24.7 Å². The van der Waals surface area contributed by atoms with Crippen molar-refractivity contribution in [1.82, 2.24) is 15.1 Å². The molecule has 0 spiro atoms. The first-order chi connectivity index (χ1) is 14.2. The third kappa shape index (κ3) is 4.31. The molecule has 29 heavy (non-hydrogen) atoms. The minimum atomic E-state index is -0.0225. The molecule has 0 radical (unpaired) electrons. The van der Waals surface area contributed by atoms with Crippen molar-refractivity contribution in [2.24, 2.45) is 0 Å². The largest absolute Gasteiger partial charge is 0.495 e. The minimum Gasteiger partial charge on any atom is -0.495 e. The van der Waals surface area contributed by atoms with Crippen LogP contribution in [0.4, 0.5) is 5.69 Å². The van der Waals surface area contributed by atoms with Gasteiger partial charge in [0, 0.05) is 31.7 Å². The fourth-order valence-corrected chi connectivity index (χ4v) is 3.32. The van der Waals surface area contributed by atoms with Crippen LogP contribution in [0.3, 0.4) is 0 Å². The van der Waals surface area contributed by atoms with Crippen molar-refractivity contribution >= 4 is 11.6 Å². The van der Waals surface area contributed by atoms with Crippen molar-refractivity contribution < 1.29 is 18.7 Å². The number of nitrogens with zero attached hydrogens (tertiary/aromatic N) is 4. The zero-order chi connectivity index (χ0) is 20.1. The molecule has 0 N–H and O–H groups in total. The van der Waals surface area contributed by atoms with Gasteiger partial charge in [0.25, 0.3) is 5.91 Å². The van der Waals surface area contributed by atoms with Gasteiger partial charge in [0.15, 0.2) is 6.61 Å². The molecule has 3 aromatic rings. The van der Waals surface area contributed by atoms with Crippen molar-refractivity contribution in [2.45, 2.75) is 0 Å². The number of rotatable bonds is 6. The molecule has 4 rings (SSSR count). The molecule has 0 unspecified atom stereocenters. The molecule has 0 atom stereocenters. The van der Waals surface area contributed by atoms with E-state index in [4.69, 9.17) is 13.9 Å². The Labute approximate surface area is 168 Å². The summed E-state index contributed by atoms with van der Waals surface area (Å²) < 4.78 is 16.2. The van der Waals surface area contributed by atoms with E-state index in [9.17, 15) is 4.79 Å². The van der Waals surface area contributed by atoms with Crippen LogP contribution in [-0.2, 0) is 4.79 Å². The second-order valence-electron chi connectivity index (χ2n) is 6.60. The van der Waals surface area contributed by atoms with Gasteiger partial charge < -0.3 is 23.7 Å². The maximum atomic E-state index is 12.5. The van der Waals surface area contributed by atoms with E-state index in [2.05, 4.69) is 15.1 Å². The van der Waals surface area contributed by atoms with Crippen molar-refractivity contribution in [3.05, 3.63) is 54.9 Å². The Balaban J connectivity index is 1.28. The molecular formula is C21H22N4O4. The van der Waals surface area contributed by atoms with Crippen molar-refractivity contribution in [1.29, 1.82) is 0 Å². The smallest absolute Gasteiger partial charge is 0.260 e. The van der Waals surface area contributed by atoms with Gasteiger partial charge in [0.05, 0.1) is 12.8 Å². The molecule has 2 heterocycles. The SMILES string of the molecule is COc1ccccc1N1CCN(C(=O)COc2ccc(-c3nnco3)cc2)CC1. The molecule has 1 aromatic heterocycles. The van der Waals surface area contributed by atoms with Crippen LogP contribution in [0, 0.1) is 0 Å². The predicted octanol–water partition coefficient (Wildman–Crippen LogP) is 2.47. The minimum absolute atomic E-state index is 0.00849. The first-order valence-electron chi connectivity index (χ1n) is 9.40. The van der Waals surface area contributed by atoms with Gasteiger partial charge in [-0.15, -0.1) is 10.2 Å². The van der Waals surface area contributed by atoms with Gasteiger partial charge >= 0.3 is 0 Å². The monoisotopic (exact) mass is 394 g/mol. The lowest BCUT2D eigenvalue weighted by Gasteiger charge is -2.36. The standard InChI is InChI=1S/C21H22N4O4/c1-27-19-5-3-2-4-18(19)24-10-12-25(13-11-24)20(26)14-28-17-8-6-16(7-9-17)21-23-22-15-29-21/h2-9,15H,10-14H2,1H3. The number of ether oxygens (including phenoxy) is 2. The molecule has 1 fully saturated rings. The maximum Gasteiger partial charge on any atom is 0.260 e. The highest BCUT2D eigenvalue weighted by Gasteiger charge is 2.23. The number of piperazine rings is 1. The summed E-state index contributed by atoms with van der Waals surface area (Å²) in [5.74, 6) is 1.89. The van der Waals surface area contributed by atoms with E-state index >= 15 is 0 Å². The van der Waals surface area contributed by atoms with E-state index in [0.717, 1.165) is 30.1 Å². The average molecular weight is 394 g/mol. The lowest BCUT2D eigenvalue weighted by Crippen LogP contribution is -2.50. The van der Waals surface area contributed by atoms with E-state index < -0.39 is 0 Å². The molecule has 150 valence electrons. The van der Waals surface area contributed by atoms with E-state index in [1.165, 1.54) is 6.39 Å². The Hall–Kier alpha value is -3.55. The highest BCUT2D eigenvalue weighted by atomic mass is 16.5. The fourth-order valence-electron chi connectivity index (χ4n) is 3.32. The molecule has 1 aliphatic rings. The molecule has 0 saturated carbocycles. The summed E-state index contributed by atoms with van der Waals surface area (Å²) in [7, 11) is 1.67. The topological polar surface area (TPSA) is 80.9 Å². The molecule has 8 nitrogen and oxygen atoms in total. The number of hydrogen-bond acceptors (Lipinski definition) is 7. The van der Waals surface area contributed by atoms with E-state index in [-0.39, 0.29) is 12.5 Å². The Morgan fingerprint density at radius 1 is 1.07 bits per heavy atom. The van der Waals surface area contributed by atoms with Crippen LogP contribution < -0.4 is 14.4 Å². The first kappa shape index (κ1) is 18.8. The van der Waals surface area contributed by atoms with Gasteiger partial charge in [-0.05, 0) is 36.4 Å². The van der Waals surface area contributed by atoms with Crippen LogP contribution >= 0.6 is 0 Å². The van der Waals surface area contributed by atoms with Crippen LogP contribution in [0.5, 0.6) is 11.5 Å². The number of anilines is 1. The number of methoxy groups -OCH3 is 1. The summed E-state index contributed by atoms with van der Waals surface area (Å²) >= 11 is 0. The van der Waals surface area contributed by atoms with Gasteiger partial charge in [0.2, 0.25) is 12.3 Å². The third-order valence-electron chi connectivity index (χ3n) is 4.88. The van der Waals surface area contributed by atoms with E-state index in [1.807, 2.05) is 41.3 Å². The molecular weight excluding hydrogens is 372 g/mol. The highest BCUT2D eigenvalue weighted by molar-refractivity contribution is 5.78. The van der Waals surface area contributed by atoms with Crippen LogP contribution in [0.2, 0.25) is 0 Å². The first-order valence-corrected chi connectivity index (χ1v) is 9.40. The highest BCUT2D eigenvalue weighted by Crippen LogP contribution is 2.28. The Morgan fingerprint density at radius 2 is 1.83 bits per heavy atom. The molecule has 1 aliphatic heterocycles. The number of benzene rings is 2. The van der Waals surface area contributed by atoms with Crippen LogP contribution in [-0.4, -0.2) is 60.9 Å². The Kier molecular flexibility index (Phi) is 5.60. The van der Waals surface area contributed by atoms with Gasteiger partial charge in [-0.3, -0.25) is 4.79 Å². The van der Waals surface area contributed by atoms with Gasteiger partial charge in [0.1, 0.15) is 11.5 Å². The number of para-hydroxylation sites is 2. The summed E-state index contributed by atoms with van der Waals surface area (Å²) in [5.41, 5.74) is 1.85. The Morgan fingerprint density at radius 3 is 2.52 bits per heavy atom. The molecule has 0 bridgehead atoms. The lowest BCUT2D eigenvalue weighted by molar-refractivity contribution is -0.133. The fraction of sp³-hybridized carbons (Fsp3) is 0.286. The summed E-state index contributed by atoms with van der Waals surface area (Å²) in [6.45, 7) is 2.82.